The fourth-order valence-corrected chi connectivity index (χ4v) is 1.92. The van der Waals surface area contributed by atoms with E-state index in [0.717, 1.165) is 16.9 Å². The fraction of sp³-hybridized carbons (Fsp3) is 0.278. The standard InChI is InChI=1S/C18H20O3/c1-18(2,3)21-17(19)15-7-5-13(6-8-15)14-9-11-16(20-4)12-10-14/h5-12H,1-4H3. The molecule has 0 spiro atoms. The van der Waals surface area contributed by atoms with E-state index in [2.05, 4.69) is 0 Å². The molecule has 21 heavy (non-hydrogen) atoms. The number of ether oxygens (including phenoxy) is 2. The minimum Gasteiger partial charge on any atom is -0.497 e. The van der Waals surface area contributed by atoms with Gasteiger partial charge in [0.1, 0.15) is 11.4 Å². The molecule has 0 aromatic heterocycles. The van der Waals surface area contributed by atoms with Crippen LogP contribution in [-0.4, -0.2) is 18.7 Å². The van der Waals surface area contributed by atoms with Gasteiger partial charge in [0.05, 0.1) is 12.7 Å². The van der Waals surface area contributed by atoms with Crippen molar-refractivity contribution in [3.05, 3.63) is 54.1 Å². The zero-order chi connectivity index (χ0) is 15.5. The molecule has 0 N–H and O–H groups in total. The zero-order valence-corrected chi connectivity index (χ0v) is 12.8. The zero-order valence-electron chi connectivity index (χ0n) is 12.8. The van der Waals surface area contributed by atoms with E-state index in [1.54, 1.807) is 19.2 Å². The summed E-state index contributed by atoms with van der Waals surface area (Å²) in [5.74, 6) is 0.521. The molecule has 0 aliphatic rings. The van der Waals surface area contributed by atoms with Crippen molar-refractivity contribution in [3.8, 4) is 16.9 Å². The monoisotopic (exact) mass is 284 g/mol. The maximum atomic E-state index is 12.0. The van der Waals surface area contributed by atoms with Gasteiger partial charge in [-0.1, -0.05) is 24.3 Å². The molecule has 2 aromatic rings. The van der Waals surface area contributed by atoms with Crippen LogP contribution >= 0.6 is 0 Å². The molecule has 0 saturated carbocycles. The third-order valence-corrected chi connectivity index (χ3v) is 2.94. The summed E-state index contributed by atoms with van der Waals surface area (Å²) in [5.41, 5.74) is 2.20. The number of hydrogen-bond acceptors (Lipinski definition) is 3. The van der Waals surface area contributed by atoms with Crippen LogP contribution in [0.1, 0.15) is 31.1 Å². The summed E-state index contributed by atoms with van der Waals surface area (Å²) in [6, 6.07) is 15.2. The lowest BCUT2D eigenvalue weighted by Gasteiger charge is -2.19. The van der Waals surface area contributed by atoms with Crippen LogP contribution < -0.4 is 4.74 Å². The molecule has 0 radical (unpaired) electrons. The van der Waals surface area contributed by atoms with E-state index in [9.17, 15) is 4.79 Å². The Morgan fingerprint density at radius 1 is 0.857 bits per heavy atom. The van der Waals surface area contributed by atoms with Crippen molar-refractivity contribution in [2.24, 2.45) is 0 Å². The molecule has 0 bridgehead atoms. The Hall–Kier alpha value is -2.29. The number of rotatable bonds is 3. The molecule has 0 aliphatic heterocycles. The quantitative estimate of drug-likeness (QED) is 0.787. The van der Waals surface area contributed by atoms with E-state index in [0.29, 0.717) is 5.56 Å². The Morgan fingerprint density at radius 3 is 1.76 bits per heavy atom. The van der Waals surface area contributed by atoms with Gasteiger partial charge in [-0.15, -0.1) is 0 Å². The van der Waals surface area contributed by atoms with Crippen LogP contribution in [0.2, 0.25) is 0 Å². The van der Waals surface area contributed by atoms with Crippen molar-refractivity contribution in [1.82, 2.24) is 0 Å². The molecule has 2 rings (SSSR count). The van der Waals surface area contributed by atoms with Gasteiger partial charge in [-0.3, -0.25) is 0 Å². The number of esters is 1. The first kappa shape index (κ1) is 15.1. The molecule has 0 aliphatic carbocycles. The Kier molecular flexibility index (Phi) is 4.32. The van der Waals surface area contributed by atoms with Crippen molar-refractivity contribution >= 4 is 5.97 Å². The van der Waals surface area contributed by atoms with E-state index in [1.165, 1.54) is 0 Å². The van der Waals surface area contributed by atoms with E-state index >= 15 is 0 Å². The first-order valence-corrected chi connectivity index (χ1v) is 6.87. The SMILES string of the molecule is COc1ccc(-c2ccc(C(=O)OC(C)(C)C)cc2)cc1. The van der Waals surface area contributed by atoms with Crippen molar-refractivity contribution in [2.75, 3.05) is 7.11 Å². The van der Waals surface area contributed by atoms with Gasteiger partial charge >= 0.3 is 5.97 Å². The molecular formula is C18H20O3. The van der Waals surface area contributed by atoms with Gasteiger partial charge in [0.2, 0.25) is 0 Å². The molecule has 0 fully saturated rings. The van der Waals surface area contributed by atoms with Gasteiger partial charge < -0.3 is 9.47 Å². The summed E-state index contributed by atoms with van der Waals surface area (Å²) in [6.45, 7) is 5.57. The highest BCUT2D eigenvalue weighted by atomic mass is 16.6. The number of benzene rings is 2. The second-order valence-electron chi connectivity index (χ2n) is 5.81. The summed E-state index contributed by atoms with van der Waals surface area (Å²) < 4.78 is 10.5. The average molecular weight is 284 g/mol. The predicted octanol–water partition coefficient (Wildman–Crippen LogP) is 4.32. The number of carbonyl (C=O) groups is 1. The average Bonchev–Trinajstić information content (AvgIpc) is 2.46. The molecule has 0 saturated heterocycles. The number of carbonyl (C=O) groups excluding carboxylic acids is 1. The molecular weight excluding hydrogens is 264 g/mol. The molecule has 2 aromatic carbocycles. The van der Waals surface area contributed by atoms with Gasteiger partial charge in [0.15, 0.2) is 0 Å². The van der Waals surface area contributed by atoms with Crippen LogP contribution in [0.4, 0.5) is 0 Å². The van der Waals surface area contributed by atoms with Crippen LogP contribution in [0, 0.1) is 0 Å². The Bertz CT molecular complexity index is 604. The van der Waals surface area contributed by atoms with E-state index < -0.39 is 5.60 Å². The predicted molar refractivity (Wildman–Crippen MR) is 83.6 cm³/mol. The van der Waals surface area contributed by atoms with Crippen LogP contribution in [-0.2, 0) is 4.74 Å². The Morgan fingerprint density at radius 2 is 1.33 bits per heavy atom. The first-order valence-electron chi connectivity index (χ1n) is 6.87. The van der Waals surface area contributed by atoms with Gasteiger partial charge in [-0.2, -0.15) is 0 Å². The normalized spacial score (nSPS) is 11.0. The summed E-state index contributed by atoms with van der Waals surface area (Å²) in [7, 11) is 1.64. The first-order chi connectivity index (χ1) is 9.89. The van der Waals surface area contributed by atoms with Crippen LogP contribution in [0.3, 0.4) is 0 Å². The largest absolute Gasteiger partial charge is 0.497 e. The van der Waals surface area contributed by atoms with Crippen molar-refractivity contribution in [3.63, 3.8) is 0 Å². The maximum Gasteiger partial charge on any atom is 0.338 e. The van der Waals surface area contributed by atoms with Crippen LogP contribution in [0.5, 0.6) is 5.75 Å². The lowest BCUT2D eigenvalue weighted by Crippen LogP contribution is -2.23. The van der Waals surface area contributed by atoms with E-state index in [4.69, 9.17) is 9.47 Å². The second-order valence-corrected chi connectivity index (χ2v) is 5.81. The summed E-state index contributed by atoms with van der Waals surface area (Å²) in [6.07, 6.45) is 0. The van der Waals surface area contributed by atoms with Gasteiger partial charge in [-0.25, -0.2) is 4.79 Å². The smallest absolute Gasteiger partial charge is 0.338 e. The highest BCUT2D eigenvalue weighted by Crippen LogP contribution is 2.23. The number of methoxy groups -OCH3 is 1. The molecule has 0 heterocycles. The minimum atomic E-state index is -0.480. The third-order valence-electron chi connectivity index (χ3n) is 2.94. The summed E-state index contributed by atoms with van der Waals surface area (Å²) in [4.78, 5) is 12.0. The van der Waals surface area contributed by atoms with Gasteiger partial charge in [0, 0.05) is 0 Å². The van der Waals surface area contributed by atoms with Crippen molar-refractivity contribution in [2.45, 2.75) is 26.4 Å². The molecule has 3 nitrogen and oxygen atoms in total. The molecule has 0 atom stereocenters. The van der Waals surface area contributed by atoms with Crippen molar-refractivity contribution in [1.29, 1.82) is 0 Å². The molecule has 110 valence electrons. The van der Waals surface area contributed by atoms with Crippen molar-refractivity contribution < 1.29 is 14.3 Å². The Labute approximate surface area is 125 Å². The van der Waals surface area contributed by atoms with Gasteiger partial charge in [-0.05, 0) is 56.2 Å². The van der Waals surface area contributed by atoms with Gasteiger partial charge in [0.25, 0.3) is 0 Å². The topological polar surface area (TPSA) is 35.5 Å². The van der Waals surface area contributed by atoms with Crippen LogP contribution in [0.15, 0.2) is 48.5 Å². The maximum absolute atomic E-state index is 12.0. The minimum absolute atomic E-state index is 0.302. The highest BCUT2D eigenvalue weighted by Gasteiger charge is 2.17. The number of hydrogen-bond donors (Lipinski definition) is 0. The second kappa shape index (κ2) is 6.00. The fourth-order valence-electron chi connectivity index (χ4n) is 1.92. The highest BCUT2D eigenvalue weighted by molar-refractivity contribution is 5.90. The van der Waals surface area contributed by atoms with E-state index in [1.807, 2.05) is 57.2 Å². The summed E-state index contributed by atoms with van der Waals surface area (Å²) in [5, 5.41) is 0. The Balaban J connectivity index is 2.16. The molecule has 0 amide bonds. The molecule has 3 heteroatoms. The third kappa shape index (κ3) is 4.09. The summed E-state index contributed by atoms with van der Waals surface area (Å²) >= 11 is 0. The molecule has 0 unspecified atom stereocenters. The lowest BCUT2D eigenvalue weighted by atomic mass is 10.0. The van der Waals surface area contributed by atoms with E-state index in [-0.39, 0.29) is 5.97 Å². The van der Waals surface area contributed by atoms with Crippen LogP contribution in [0.25, 0.3) is 11.1 Å². The lowest BCUT2D eigenvalue weighted by molar-refractivity contribution is 0.00696.